The highest BCUT2D eigenvalue weighted by Crippen LogP contribution is 2.45. The maximum Gasteiger partial charge on any atom is 0.315 e. The SMILES string of the molecule is CCOP(=O)(CCCCCCNC(=O)NCc1cccnc1)NC1CCCCC1. The summed E-state index contributed by atoms with van der Waals surface area (Å²) in [5.74, 6) is 0. The van der Waals surface area contributed by atoms with Crippen molar-refractivity contribution in [2.24, 2.45) is 0 Å². The number of hydrogen-bond donors (Lipinski definition) is 3. The Hall–Kier alpha value is -1.43. The van der Waals surface area contributed by atoms with Gasteiger partial charge in [0.15, 0.2) is 0 Å². The van der Waals surface area contributed by atoms with Crippen molar-refractivity contribution in [1.82, 2.24) is 20.7 Å². The zero-order valence-corrected chi connectivity index (χ0v) is 18.6. The number of carbonyl (C=O) groups is 1. The minimum absolute atomic E-state index is 0.161. The number of carbonyl (C=O) groups excluding carboxylic acids is 1. The van der Waals surface area contributed by atoms with Crippen LogP contribution in [0.1, 0.15) is 70.3 Å². The first-order valence-electron chi connectivity index (χ1n) is 11.0. The van der Waals surface area contributed by atoms with Gasteiger partial charge in [-0.05, 0) is 44.2 Å². The molecule has 164 valence electrons. The molecule has 1 unspecified atom stereocenters. The molecule has 2 amide bonds. The second-order valence-electron chi connectivity index (χ2n) is 7.66. The summed E-state index contributed by atoms with van der Waals surface area (Å²) >= 11 is 0. The van der Waals surface area contributed by atoms with Crippen molar-refractivity contribution >= 4 is 13.6 Å². The van der Waals surface area contributed by atoms with E-state index in [1.54, 1.807) is 12.4 Å². The monoisotopic (exact) mass is 424 g/mol. The molecule has 7 nitrogen and oxygen atoms in total. The van der Waals surface area contributed by atoms with Crippen LogP contribution in [0.5, 0.6) is 0 Å². The largest absolute Gasteiger partial charge is 0.338 e. The van der Waals surface area contributed by atoms with Gasteiger partial charge in [-0.25, -0.2) is 9.88 Å². The second kappa shape index (κ2) is 13.7. The molecule has 0 bridgehead atoms. The van der Waals surface area contributed by atoms with E-state index in [0.29, 0.717) is 31.9 Å². The lowest BCUT2D eigenvalue weighted by Gasteiger charge is -2.28. The molecule has 29 heavy (non-hydrogen) atoms. The molecule has 1 heterocycles. The van der Waals surface area contributed by atoms with E-state index < -0.39 is 7.52 Å². The summed E-state index contributed by atoms with van der Waals surface area (Å²) in [5, 5.41) is 9.04. The average Bonchev–Trinajstić information content (AvgIpc) is 2.73. The van der Waals surface area contributed by atoms with E-state index in [-0.39, 0.29) is 6.03 Å². The van der Waals surface area contributed by atoms with Crippen LogP contribution < -0.4 is 15.7 Å². The Labute approximate surface area is 175 Å². The van der Waals surface area contributed by atoms with Gasteiger partial charge in [-0.15, -0.1) is 0 Å². The van der Waals surface area contributed by atoms with Crippen molar-refractivity contribution in [3.05, 3.63) is 30.1 Å². The number of pyridine rings is 1. The number of unbranched alkanes of at least 4 members (excludes halogenated alkanes) is 3. The fourth-order valence-electron chi connectivity index (χ4n) is 3.63. The third-order valence-corrected chi connectivity index (χ3v) is 7.50. The lowest BCUT2D eigenvalue weighted by molar-refractivity contribution is 0.240. The molecular weight excluding hydrogens is 387 g/mol. The zero-order chi connectivity index (χ0) is 20.8. The first-order valence-corrected chi connectivity index (χ1v) is 12.8. The van der Waals surface area contributed by atoms with Gasteiger partial charge in [-0.1, -0.05) is 38.2 Å². The molecule has 8 heteroatoms. The molecule has 0 saturated heterocycles. The van der Waals surface area contributed by atoms with Crippen LogP contribution in [0.4, 0.5) is 4.79 Å². The third kappa shape index (κ3) is 10.2. The molecule has 0 radical (unpaired) electrons. The van der Waals surface area contributed by atoms with Gasteiger partial charge in [0.05, 0.1) is 6.61 Å². The molecule has 1 fully saturated rings. The van der Waals surface area contributed by atoms with Gasteiger partial charge >= 0.3 is 6.03 Å². The first-order chi connectivity index (χ1) is 14.1. The highest BCUT2D eigenvalue weighted by molar-refractivity contribution is 7.56. The molecule has 1 atom stereocenters. The molecule has 0 spiro atoms. The number of nitrogens with one attached hydrogen (secondary N) is 3. The number of amides is 2. The molecule has 1 saturated carbocycles. The van der Waals surface area contributed by atoms with E-state index in [9.17, 15) is 9.36 Å². The van der Waals surface area contributed by atoms with Gasteiger partial charge in [-0.2, -0.15) is 0 Å². The van der Waals surface area contributed by atoms with Crippen LogP contribution >= 0.6 is 7.52 Å². The summed E-state index contributed by atoms with van der Waals surface area (Å²) in [5.41, 5.74) is 0.975. The second-order valence-corrected chi connectivity index (χ2v) is 9.97. The predicted molar refractivity (Wildman–Crippen MR) is 117 cm³/mol. The fourth-order valence-corrected chi connectivity index (χ4v) is 5.84. The Balaban J connectivity index is 1.53. The zero-order valence-electron chi connectivity index (χ0n) is 17.7. The van der Waals surface area contributed by atoms with Gasteiger partial charge in [-0.3, -0.25) is 9.55 Å². The molecule has 0 aromatic carbocycles. The summed E-state index contributed by atoms with van der Waals surface area (Å²) in [4.78, 5) is 15.8. The Bertz CT molecular complexity index is 624. The van der Waals surface area contributed by atoms with Crippen molar-refractivity contribution in [3.8, 4) is 0 Å². The Kier molecular flexibility index (Phi) is 11.3. The van der Waals surface area contributed by atoms with E-state index in [4.69, 9.17) is 4.52 Å². The van der Waals surface area contributed by atoms with Gasteiger partial charge in [0.25, 0.3) is 7.52 Å². The number of nitrogens with zero attached hydrogens (tertiary/aromatic N) is 1. The van der Waals surface area contributed by atoms with Gasteiger partial charge in [0.2, 0.25) is 0 Å². The van der Waals surface area contributed by atoms with Crippen LogP contribution in [-0.4, -0.2) is 36.4 Å². The molecule has 1 aromatic rings. The predicted octanol–water partition coefficient (Wildman–Crippen LogP) is 4.59. The maximum atomic E-state index is 13.0. The van der Waals surface area contributed by atoms with Gasteiger partial charge in [0, 0.05) is 37.7 Å². The summed E-state index contributed by atoms with van der Waals surface area (Å²) in [6, 6.07) is 3.96. The van der Waals surface area contributed by atoms with E-state index in [0.717, 1.165) is 44.1 Å². The standard InChI is InChI=1S/C21H37N4O3P/c1-2-28-29(27,25-20-12-6-5-7-13-20)16-9-4-3-8-15-23-21(26)24-18-19-11-10-14-22-17-19/h10-11,14,17,20H,2-9,12-13,15-16,18H2,1H3,(H,25,27)(H2,23,24,26). The van der Waals surface area contributed by atoms with E-state index in [2.05, 4.69) is 20.7 Å². The van der Waals surface area contributed by atoms with E-state index in [1.165, 1.54) is 19.3 Å². The van der Waals surface area contributed by atoms with Crippen molar-refractivity contribution in [3.63, 3.8) is 0 Å². The van der Waals surface area contributed by atoms with Crippen molar-refractivity contribution < 1.29 is 13.9 Å². The molecule has 2 rings (SSSR count). The molecule has 1 aliphatic carbocycles. The highest BCUT2D eigenvalue weighted by Gasteiger charge is 2.26. The van der Waals surface area contributed by atoms with Crippen LogP contribution in [0.15, 0.2) is 24.5 Å². The molecule has 1 aromatic heterocycles. The van der Waals surface area contributed by atoms with Crippen LogP contribution in [0.3, 0.4) is 0 Å². The molecule has 1 aliphatic rings. The van der Waals surface area contributed by atoms with Crippen LogP contribution in [-0.2, 0) is 15.6 Å². The number of urea groups is 1. The summed E-state index contributed by atoms with van der Waals surface area (Å²) in [6.07, 6.45) is 13.7. The minimum atomic E-state index is -2.73. The van der Waals surface area contributed by atoms with Gasteiger partial charge < -0.3 is 15.2 Å². The molecular formula is C21H37N4O3P. The highest BCUT2D eigenvalue weighted by atomic mass is 31.2. The Morgan fingerprint density at radius 1 is 1.17 bits per heavy atom. The Morgan fingerprint density at radius 3 is 2.69 bits per heavy atom. The quantitative estimate of drug-likeness (QED) is 0.318. The fraction of sp³-hybridized carbons (Fsp3) is 0.714. The van der Waals surface area contributed by atoms with Gasteiger partial charge in [0.1, 0.15) is 0 Å². The average molecular weight is 425 g/mol. The topological polar surface area (TPSA) is 92.3 Å². The van der Waals surface area contributed by atoms with Crippen LogP contribution in [0.25, 0.3) is 0 Å². The molecule has 3 N–H and O–H groups in total. The minimum Gasteiger partial charge on any atom is -0.338 e. The number of hydrogen-bond acceptors (Lipinski definition) is 4. The Morgan fingerprint density at radius 2 is 1.97 bits per heavy atom. The number of aromatic nitrogens is 1. The smallest absolute Gasteiger partial charge is 0.315 e. The van der Waals surface area contributed by atoms with Crippen molar-refractivity contribution in [1.29, 1.82) is 0 Å². The summed E-state index contributed by atoms with van der Waals surface area (Å²) < 4.78 is 18.7. The maximum absolute atomic E-state index is 13.0. The van der Waals surface area contributed by atoms with Crippen LogP contribution in [0.2, 0.25) is 0 Å². The van der Waals surface area contributed by atoms with Crippen molar-refractivity contribution in [2.75, 3.05) is 19.3 Å². The van der Waals surface area contributed by atoms with Crippen molar-refractivity contribution in [2.45, 2.75) is 77.3 Å². The molecule has 0 aliphatic heterocycles. The van der Waals surface area contributed by atoms with E-state index in [1.807, 2.05) is 19.1 Å². The first kappa shape index (κ1) is 23.8. The van der Waals surface area contributed by atoms with E-state index >= 15 is 0 Å². The third-order valence-electron chi connectivity index (χ3n) is 5.16. The normalized spacial score (nSPS) is 16.9. The number of rotatable bonds is 13. The summed E-state index contributed by atoms with van der Waals surface area (Å²) in [6.45, 7) is 3.50. The van der Waals surface area contributed by atoms with Crippen LogP contribution in [0, 0.1) is 0 Å². The summed E-state index contributed by atoms with van der Waals surface area (Å²) in [7, 11) is -2.73. The lowest BCUT2D eigenvalue weighted by atomic mass is 9.96. The lowest BCUT2D eigenvalue weighted by Crippen LogP contribution is -2.35.